The Balaban J connectivity index is 1.31. The molecule has 3 aliphatic rings. The van der Waals surface area contributed by atoms with Crippen LogP contribution in [-0.4, -0.2) is 53.3 Å². The van der Waals surface area contributed by atoms with Crippen LogP contribution in [0.2, 0.25) is 0 Å². The number of allylic oxidation sites excluding steroid dienone is 1. The summed E-state index contributed by atoms with van der Waals surface area (Å²) in [4.78, 5) is 46.6. The minimum Gasteiger partial charge on any atom is -0.381 e. The highest BCUT2D eigenvalue weighted by Gasteiger charge is 2.34. The van der Waals surface area contributed by atoms with Gasteiger partial charge in [0.15, 0.2) is 0 Å². The molecule has 0 unspecified atom stereocenters. The van der Waals surface area contributed by atoms with E-state index < -0.39 is 0 Å². The van der Waals surface area contributed by atoms with E-state index in [9.17, 15) is 14.4 Å². The third-order valence-electron chi connectivity index (χ3n) is 9.15. The number of Topliss-reactive ketones (excluding diaryl/α,β-unsaturated/α-hetero) is 1. The predicted molar refractivity (Wildman–Crippen MR) is 175 cm³/mol. The number of carbonyl (C=O) groups is 3. The second-order valence-electron chi connectivity index (χ2n) is 12.1. The molecule has 0 radical (unpaired) electrons. The highest BCUT2D eigenvalue weighted by Crippen LogP contribution is 2.37. The number of pyridine rings is 1. The number of aromatic nitrogens is 1. The van der Waals surface area contributed by atoms with E-state index in [1.54, 1.807) is 25.1 Å². The summed E-state index contributed by atoms with van der Waals surface area (Å²) in [7, 11) is 0. The summed E-state index contributed by atoms with van der Waals surface area (Å²) in [6.07, 6.45) is 4.54. The minimum atomic E-state index is -0.225. The first-order chi connectivity index (χ1) is 21.9. The van der Waals surface area contributed by atoms with Crippen LogP contribution in [0, 0.1) is 0 Å². The summed E-state index contributed by atoms with van der Waals surface area (Å²) in [6, 6.07) is 22.5. The number of amides is 2. The highest BCUT2D eigenvalue weighted by molar-refractivity contribution is 6.26. The molecular formula is C37H36N4O4. The molecule has 2 amide bonds. The van der Waals surface area contributed by atoms with Crippen LogP contribution >= 0.6 is 0 Å². The van der Waals surface area contributed by atoms with Gasteiger partial charge in [-0.3, -0.25) is 19.3 Å². The minimum absolute atomic E-state index is 0.0904. The van der Waals surface area contributed by atoms with Gasteiger partial charge in [-0.2, -0.15) is 0 Å². The standard InChI is InChI=1S/C37H36N4O4/c1-23(42)40-14-11-26-18-27(8-9-28(26)22-40)32-19-30(20-36-37(44)31-5-3-4-6-35(31)41(36)24(2)43)39-34-10-7-25(17-33(32)34)21-38-29-12-15-45-16-13-29/h3-10,17-20,29,38H,11-16,21-22H2,1-2H3/b36-20-. The number of carbonyl (C=O) groups excluding carboxylic acids is 3. The van der Waals surface area contributed by atoms with Gasteiger partial charge in [-0.1, -0.05) is 36.4 Å². The van der Waals surface area contributed by atoms with Gasteiger partial charge in [0.25, 0.3) is 0 Å². The Morgan fingerprint density at radius 1 is 0.956 bits per heavy atom. The SMILES string of the molecule is CC(=O)N1CCc2cc(-c3cc(/C=C4/C(=O)c5ccccc5N4C(C)=O)nc4ccc(CNC5CCOCC5)cc34)ccc2C1. The lowest BCUT2D eigenvalue weighted by atomic mass is 9.92. The quantitative estimate of drug-likeness (QED) is 0.297. The monoisotopic (exact) mass is 600 g/mol. The first-order valence-corrected chi connectivity index (χ1v) is 15.6. The number of para-hydroxylation sites is 1. The summed E-state index contributed by atoms with van der Waals surface area (Å²) < 4.78 is 5.52. The molecule has 45 heavy (non-hydrogen) atoms. The van der Waals surface area contributed by atoms with Gasteiger partial charge >= 0.3 is 0 Å². The zero-order chi connectivity index (χ0) is 31.1. The molecule has 1 N–H and O–H groups in total. The number of anilines is 1. The lowest BCUT2D eigenvalue weighted by Gasteiger charge is -2.28. The molecule has 8 nitrogen and oxygen atoms in total. The van der Waals surface area contributed by atoms with Crippen molar-refractivity contribution in [3.05, 3.63) is 100 Å². The van der Waals surface area contributed by atoms with Crippen LogP contribution < -0.4 is 10.2 Å². The number of nitrogens with zero attached hydrogens (tertiary/aromatic N) is 3. The fraction of sp³-hybridized carbons (Fsp3) is 0.297. The molecule has 4 heterocycles. The fourth-order valence-electron chi connectivity index (χ4n) is 6.71. The Hall–Kier alpha value is -4.66. The Bertz CT molecular complexity index is 1870. The van der Waals surface area contributed by atoms with Crippen molar-refractivity contribution in [3.8, 4) is 11.1 Å². The molecule has 3 aromatic carbocycles. The maximum atomic E-state index is 13.5. The van der Waals surface area contributed by atoms with Gasteiger partial charge in [-0.05, 0) is 83.5 Å². The smallest absolute Gasteiger partial charge is 0.228 e. The second kappa shape index (κ2) is 12.0. The Labute approximate surface area is 262 Å². The number of hydrogen-bond donors (Lipinski definition) is 1. The van der Waals surface area contributed by atoms with Crippen molar-refractivity contribution in [2.24, 2.45) is 0 Å². The number of benzene rings is 3. The van der Waals surface area contributed by atoms with Gasteiger partial charge in [0.05, 0.1) is 22.6 Å². The molecule has 1 aromatic heterocycles. The lowest BCUT2D eigenvalue weighted by Crippen LogP contribution is -2.34. The first kappa shape index (κ1) is 29.1. The fourth-order valence-corrected chi connectivity index (χ4v) is 6.71. The first-order valence-electron chi connectivity index (χ1n) is 15.6. The maximum absolute atomic E-state index is 13.5. The van der Waals surface area contributed by atoms with Gasteiger partial charge in [0.1, 0.15) is 0 Å². The number of fused-ring (bicyclic) bond motifs is 3. The van der Waals surface area contributed by atoms with Crippen molar-refractivity contribution in [3.63, 3.8) is 0 Å². The highest BCUT2D eigenvalue weighted by atomic mass is 16.5. The van der Waals surface area contributed by atoms with Crippen molar-refractivity contribution in [1.82, 2.24) is 15.2 Å². The Morgan fingerprint density at radius 3 is 2.58 bits per heavy atom. The summed E-state index contributed by atoms with van der Waals surface area (Å²) in [5.74, 6) is -0.327. The number of ketones is 1. The van der Waals surface area contributed by atoms with Crippen LogP contribution in [0.3, 0.4) is 0 Å². The van der Waals surface area contributed by atoms with E-state index in [1.165, 1.54) is 23.0 Å². The van der Waals surface area contributed by atoms with Crippen molar-refractivity contribution in [2.45, 2.75) is 52.2 Å². The third-order valence-corrected chi connectivity index (χ3v) is 9.15. The van der Waals surface area contributed by atoms with Crippen LogP contribution in [0.15, 0.2) is 72.4 Å². The largest absolute Gasteiger partial charge is 0.381 e. The van der Waals surface area contributed by atoms with Crippen molar-refractivity contribution >= 4 is 40.3 Å². The van der Waals surface area contributed by atoms with E-state index in [4.69, 9.17) is 9.72 Å². The van der Waals surface area contributed by atoms with E-state index in [2.05, 4.69) is 35.6 Å². The molecule has 228 valence electrons. The molecular weight excluding hydrogens is 564 g/mol. The topological polar surface area (TPSA) is 91.8 Å². The van der Waals surface area contributed by atoms with Gasteiger partial charge in [0.2, 0.25) is 17.6 Å². The molecule has 7 rings (SSSR count). The maximum Gasteiger partial charge on any atom is 0.228 e. The van der Waals surface area contributed by atoms with Crippen LogP contribution in [0.4, 0.5) is 5.69 Å². The Morgan fingerprint density at radius 2 is 1.78 bits per heavy atom. The third kappa shape index (κ3) is 5.67. The van der Waals surface area contributed by atoms with Crippen LogP contribution in [0.25, 0.3) is 28.1 Å². The summed E-state index contributed by atoms with van der Waals surface area (Å²) in [5, 5.41) is 4.71. The molecule has 4 aromatic rings. The molecule has 0 spiro atoms. The number of hydrogen-bond acceptors (Lipinski definition) is 6. The van der Waals surface area contributed by atoms with E-state index in [1.807, 2.05) is 29.2 Å². The molecule has 0 aliphatic carbocycles. The van der Waals surface area contributed by atoms with E-state index >= 15 is 0 Å². The molecule has 8 heteroatoms. The molecule has 3 aliphatic heterocycles. The van der Waals surface area contributed by atoms with E-state index in [0.717, 1.165) is 66.6 Å². The van der Waals surface area contributed by atoms with E-state index in [0.29, 0.717) is 41.8 Å². The zero-order valence-corrected chi connectivity index (χ0v) is 25.6. The lowest BCUT2D eigenvalue weighted by molar-refractivity contribution is -0.129. The number of nitrogens with one attached hydrogen (secondary N) is 1. The summed E-state index contributed by atoms with van der Waals surface area (Å²) in [6.45, 7) is 6.73. The van der Waals surface area contributed by atoms with Gasteiger partial charge in [-0.25, -0.2) is 4.98 Å². The predicted octanol–water partition coefficient (Wildman–Crippen LogP) is 5.67. The van der Waals surface area contributed by atoms with Crippen molar-refractivity contribution in [1.29, 1.82) is 0 Å². The number of rotatable bonds is 5. The average molecular weight is 601 g/mol. The normalized spacial score (nSPS) is 17.6. The van der Waals surface area contributed by atoms with Gasteiger partial charge in [0, 0.05) is 63.7 Å². The average Bonchev–Trinajstić information content (AvgIpc) is 3.34. The molecule has 1 fully saturated rings. The molecule has 0 atom stereocenters. The van der Waals surface area contributed by atoms with Crippen LogP contribution in [0.1, 0.15) is 59.4 Å². The van der Waals surface area contributed by atoms with Crippen molar-refractivity contribution in [2.75, 3.05) is 24.7 Å². The molecule has 1 saturated heterocycles. The summed E-state index contributed by atoms with van der Waals surface area (Å²) >= 11 is 0. The number of ether oxygens (including phenoxy) is 1. The van der Waals surface area contributed by atoms with Crippen molar-refractivity contribution < 1.29 is 19.1 Å². The Kier molecular flexibility index (Phi) is 7.77. The molecule has 0 bridgehead atoms. The van der Waals surface area contributed by atoms with Crippen LogP contribution in [0.5, 0.6) is 0 Å². The van der Waals surface area contributed by atoms with Gasteiger partial charge < -0.3 is 15.0 Å². The van der Waals surface area contributed by atoms with Crippen LogP contribution in [-0.2, 0) is 33.8 Å². The second-order valence-corrected chi connectivity index (χ2v) is 12.1. The van der Waals surface area contributed by atoms with E-state index in [-0.39, 0.29) is 17.6 Å². The summed E-state index contributed by atoms with van der Waals surface area (Å²) in [5.41, 5.74) is 8.44. The van der Waals surface area contributed by atoms with Gasteiger partial charge in [-0.15, -0.1) is 0 Å². The zero-order valence-electron chi connectivity index (χ0n) is 25.6. The molecule has 0 saturated carbocycles.